The molecule has 0 amide bonds. The number of aromatic nitrogens is 2. The summed E-state index contributed by atoms with van der Waals surface area (Å²) < 4.78 is 11.5. The Hall–Kier alpha value is -2.10. The smallest absolute Gasteiger partial charge is 0.278 e. The van der Waals surface area contributed by atoms with E-state index in [1.807, 2.05) is 6.92 Å². The topological polar surface area (TPSA) is 44.2 Å². The highest BCUT2D eigenvalue weighted by Crippen LogP contribution is 2.23. The molecular weight excluding hydrogens is 264 g/mol. The molecule has 1 unspecified atom stereocenters. The monoisotopic (exact) mass is 286 g/mol. The fraction of sp³-hybridized carbons (Fsp3) is 0.412. The summed E-state index contributed by atoms with van der Waals surface area (Å²) in [6, 6.07) is 8.38. The molecule has 2 rings (SSSR count). The van der Waals surface area contributed by atoms with Crippen LogP contribution in [-0.4, -0.2) is 16.1 Å². The molecule has 0 aliphatic rings. The maximum Gasteiger partial charge on any atom is 0.278 e. The van der Waals surface area contributed by atoms with Crippen molar-refractivity contribution in [3.8, 4) is 11.8 Å². The van der Waals surface area contributed by atoms with Crippen molar-refractivity contribution in [3.05, 3.63) is 47.8 Å². The fourth-order valence-electron chi connectivity index (χ4n) is 1.79. The Morgan fingerprint density at radius 3 is 2.19 bits per heavy atom. The Kier molecular flexibility index (Phi) is 5.55. The molecule has 0 aliphatic heterocycles. The van der Waals surface area contributed by atoms with Gasteiger partial charge in [0.05, 0.1) is 6.10 Å². The minimum atomic E-state index is 0.0906. The van der Waals surface area contributed by atoms with Crippen LogP contribution in [0.25, 0.3) is 0 Å². The first-order chi connectivity index (χ1) is 10.2. The molecule has 0 radical (unpaired) electrons. The molecule has 2 aromatic rings. The Balaban J connectivity index is 2.01. The number of rotatable bonds is 7. The van der Waals surface area contributed by atoms with Gasteiger partial charge in [-0.15, -0.1) is 0 Å². The summed E-state index contributed by atoms with van der Waals surface area (Å²) in [7, 11) is 0. The summed E-state index contributed by atoms with van der Waals surface area (Å²) in [5.41, 5.74) is 2.42. The zero-order chi connectivity index (χ0) is 15.1. The Bertz CT molecular complexity index is 555. The lowest BCUT2D eigenvalue weighted by Gasteiger charge is -2.14. The highest BCUT2D eigenvalue weighted by molar-refractivity contribution is 5.26. The van der Waals surface area contributed by atoms with Crippen molar-refractivity contribution in [2.75, 3.05) is 0 Å². The normalized spacial score (nSPS) is 12.0. The van der Waals surface area contributed by atoms with E-state index >= 15 is 0 Å². The van der Waals surface area contributed by atoms with Crippen LogP contribution in [0.4, 0.5) is 0 Å². The maximum absolute atomic E-state index is 5.74. The van der Waals surface area contributed by atoms with E-state index in [1.165, 1.54) is 5.56 Å². The second-order valence-electron chi connectivity index (χ2n) is 4.96. The Morgan fingerprint density at radius 1 is 0.952 bits per heavy atom. The van der Waals surface area contributed by atoms with Crippen molar-refractivity contribution in [2.45, 2.75) is 46.3 Å². The maximum atomic E-state index is 5.74. The van der Waals surface area contributed by atoms with Crippen LogP contribution in [0.3, 0.4) is 0 Å². The average molecular weight is 286 g/mol. The number of ether oxygens (including phenoxy) is 2. The molecule has 1 heterocycles. The highest BCUT2D eigenvalue weighted by atomic mass is 16.5. The van der Waals surface area contributed by atoms with Crippen LogP contribution >= 0.6 is 0 Å². The van der Waals surface area contributed by atoms with Crippen molar-refractivity contribution < 1.29 is 9.47 Å². The van der Waals surface area contributed by atoms with Gasteiger partial charge in [-0.05, 0) is 30.9 Å². The number of aryl methyl sites for hydroxylation is 1. The van der Waals surface area contributed by atoms with Gasteiger partial charge in [0, 0.05) is 12.4 Å². The van der Waals surface area contributed by atoms with E-state index in [1.54, 1.807) is 12.4 Å². The zero-order valence-corrected chi connectivity index (χ0v) is 12.9. The number of hydrogen-bond donors (Lipinski definition) is 0. The van der Waals surface area contributed by atoms with Gasteiger partial charge >= 0.3 is 0 Å². The number of hydrogen-bond acceptors (Lipinski definition) is 4. The molecule has 0 saturated heterocycles. The molecule has 4 heteroatoms. The third-order valence-electron chi connectivity index (χ3n) is 3.33. The van der Waals surface area contributed by atoms with Gasteiger partial charge in [0.2, 0.25) is 0 Å². The summed E-state index contributed by atoms with van der Waals surface area (Å²) in [4.78, 5) is 8.40. The van der Waals surface area contributed by atoms with E-state index in [-0.39, 0.29) is 6.10 Å². The second-order valence-corrected chi connectivity index (χ2v) is 4.96. The van der Waals surface area contributed by atoms with Crippen molar-refractivity contribution in [2.24, 2.45) is 0 Å². The van der Waals surface area contributed by atoms with Crippen molar-refractivity contribution >= 4 is 0 Å². The SMILES string of the molecule is CCc1ccc(COc2nccnc2OC(C)CC)cc1. The molecule has 0 fully saturated rings. The van der Waals surface area contributed by atoms with Gasteiger partial charge in [0.25, 0.3) is 11.8 Å². The molecule has 21 heavy (non-hydrogen) atoms. The van der Waals surface area contributed by atoms with Gasteiger partial charge in [-0.2, -0.15) is 0 Å². The first-order valence-electron chi connectivity index (χ1n) is 7.41. The first kappa shape index (κ1) is 15.3. The highest BCUT2D eigenvalue weighted by Gasteiger charge is 2.11. The van der Waals surface area contributed by atoms with Gasteiger partial charge in [-0.25, -0.2) is 9.97 Å². The molecule has 1 aromatic heterocycles. The number of nitrogens with zero attached hydrogens (tertiary/aromatic N) is 2. The first-order valence-corrected chi connectivity index (χ1v) is 7.41. The summed E-state index contributed by atoms with van der Waals surface area (Å²) in [5.74, 6) is 0.898. The van der Waals surface area contributed by atoms with Gasteiger partial charge in [-0.1, -0.05) is 38.1 Å². The van der Waals surface area contributed by atoms with E-state index in [9.17, 15) is 0 Å². The quantitative estimate of drug-likeness (QED) is 0.776. The predicted octanol–water partition coefficient (Wildman–Crippen LogP) is 3.80. The standard InChI is InChI=1S/C17H22N2O2/c1-4-13(3)21-17-16(18-10-11-19-17)20-12-15-8-6-14(5-2)7-9-15/h6-11,13H,4-5,12H2,1-3H3. The van der Waals surface area contributed by atoms with E-state index in [0.29, 0.717) is 18.4 Å². The minimum absolute atomic E-state index is 0.0906. The lowest BCUT2D eigenvalue weighted by atomic mass is 10.1. The van der Waals surface area contributed by atoms with Gasteiger partial charge in [0.1, 0.15) is 6.61 Å². The fourth-order valence-corrected chi connectivity index (χ4v) is 1.79. The molecule has 4 nitrogen and oxygen atoms in total. The predicted molar refractivity (Wildman–Crippen MR) is 82.6 cm³/mol. The summed E-state index contributed by atoms with van der Waals surface area (Å²) in [6.45, 7) is 6.67. The van der Waals surface area contributed by atoms with E-state index in [4.69, 9.17) is 9.47 Å². The Morgan fingerprint density at radius 2 is 1.57 bits per heavy atom. The van der Waals surface area contributed by atoms with Crippen LogP contribution in [0, 0.1) is 0 Å². The Labute approximate surface area is 126 Å². The minimum Gasteiger partial charge on any atom is -0.471 e. The lowest BCUT2D eigenvalue weighted by Crippen LogP contribution is -2.12. The van der Waals surface area contributed by atoms with Crippen LogP contribution in [0.2, 0.25) is 0 Å². The summed E-state index contributed by atoms with van der Waals surface area (Å²) in [6.07, 6.45) is 5.26. The van der Waals surface area contributed by atoms with Crippen molar-refractivity contribution in [1.82, 2.24) is 9.97 Å². The molecule has 0 bridgehead atoms. The zero-order valence-electron chi connectivity index (χ0n) is 12.9. The molecule has 0 aliphatic carbocycles. The molecule has 1 aromatic carbocycles. The molecule has 0 spiro atoms. The third kappa shape index (κ3) is 4.45. The van der Waals surface area contributed by atoms with E-state index < -0.39 is 0 Å². The lowest BCUT2D eigenvalue weighted by molar-refractivity contribution is 0.186. The molecule has 1 atom stereocenters. The third-order valence-corrected chi connectivity index (χ3v) is 3.33. The van der Waals surface area contributed by atoms with Crippen LogP contribution < -0.4 is 9.47 Å². The molecular formula is C17H22N2O2. The van der Waals surface area contributed by atoms with Gasteiger partial charge < -0.3 is 9.47 Å². The van der Waals surface area contributed by atoms with Crippen LogP contribution in [0.5, 0.6) is 11.8 Å². The average Bonchev–Trinajstić information content (AvgIpc) is 2.54. The van der Waals surface area contributed by atoms with Gasteiger partial charge in [0.15, 0.2) is 0 Å². The van der Waals surface area contributed by atoms with Crippen molar-refractivity contribution in [1.29, 1.82) is 0 Å². The molecule has 0 N–H and O–H groups in total. The molecule has 0 saturated carbocycles. The van der Waals surface area contributed by atoms with Gasteiger partial charge in [-0.3, -0.25) is 0 Å². The van der Waals surface area contributed by atoms with E-state index in [2.05, 4.69) is 48.1 Å². The summed E-state index contributed by atoms with van der Waals surface area (Å²) in [5, 5.41) is 0. The second kappa shape index (κ2) is 7.62. The van der Waals surface area contributed by atoms with Crippen LogP contribution in [0.15, 0.2) is 36.7 Å². The van der Waals surface area contributed by atoms with Crippen molar-refractivity contribution in [3.63, 3.8) is 0 Å². The number of benzene rings is 1. The van der Waals surface area contributed by atoms with E-state index in [0.717, 1.165) is 18.4 Å². The molecule has 112 valence electrons. The summed E-state index contributed by atoms with van der Waals surface area (Å²) >= 11 is 0. The van der Waals surface area contributed by atoms with Crippen LogP contribution in [-0.2, 0) is 13.0 Å². The largest absolute Gasteiger partial charge is 0.471 e. The van der Waals surface area contributed by atoms with Crippen LogP contribution in [0.1, 0.15) is 38.3 Å².